The predicted octanol–water partition coefficient (Wildman–Crippen LogP) is 4.53. The van der Waals surface area contributed by atoms with Gasteiger partial charge in [0.05, 0.1) is 11.3 Å². The molecule has 0 aromatic heterocycles. The van der Waals surface area contributed by atoms with Gasteiger partial charge in [0, 0.05) is 11.6 Å². The van der Waals surface area contributed by atoms with E-state index in [0.717, 1.165) is 36.4 Å². The Balaban J connectivity index is 2.34. The van der Waals surface area contributed by atoms with Crippen LogP contribution in [0, 0.1) is 23.0 Å². The number of amides is 1. The van der Waals surface area contributed by atoms with Gasteiger partial charge in [0.15, 0.2) is 0 Å². The first-order chi connectivity index (χ1) is 11.7. The van der Waals surface area contributed by atoms with Crippen LogP contribution in [0.15, 0.2) is 48.0 Å². The maximum absolute atomic E-state index is 13.6. The van der Waals surface area contributed by atoms with Gasteiger partial charge in [-0.05, 0) is 30.3 Å². The van der Waals surface area contributed by atoms with Gasteiger partial charge in [0.1, 0.15) is 23.3 Å². The molecule has 0 aliphatic carbocycles. The third-order valence-corrected chi connectivity index (χ3v) is 3.11. The van der Waals surface area contributed by atoms with Crippen molar-refractivity contribution in [3.63, 3.8) is 0 Å². The van der Waals surface area contributed by atoms with Crippen LogP contribution in [0.2, 0.25) is 0 Å². The summed E-state index contributed by atoms with van der Waals surface area (Å²) in [5.41, 5.74) is -2.52. The zero-order chi connectivity index (χ0) is 18.6. The van der Waals surface area contributed by atoms with E-state index in [2.05, 4.69) is 0 Å². The van der Waals surface area contributed by atoms with Crippen molar-refractivity contribution >= 4 is 17.7 Å². The minimum atomic E-state index is -4.70. The molecule has 2 rings (SSSR count). The van der Waals surface area contributed by atoms with E-state index in [1.807, 2.05) is 5.32 Å². The molecule has 0 heterocycles. The maximum atomic E-state index is 13.6. The lowest BCUT2D eigenvalue weighted by atomic mass is 10.1. The number of anilines is 1. The van der Waals surface area contributed by atoms with Crippen molar-refractivity contribution in [3.8, 4) is 6.07 Å². The molecule has 0 unspecified atom stereocenters. The quantitative estimate of drug-likeness (QED) is 0.501. The van der Waals surface area contributed by atoms with Crippen molar-refractivity contribution in [2.45, 2.75) is 6.18 Å². The van der Waals surface area contributed by atoms with Crippen molar-refractivity contribution in [2.75, 3.05) is 5.32 Å². The number of rotatable bonds is 3. The van der Waals surface area contributed by atoms with Crippen LogP contribution in [0.1, 0.15) is 11.1 Å². The minimum Gasteiger partial charge on any atom is -0.321 e. The van der Waals surface area contributed by atoms with Gasteiger partial charge in [0.2, 0.25) is 0 Å². The lowest BCUT2D eigenvalue weighted by Crippen LogP contribution is -2.17. The SMILES string of the molecule is N#C/C(=C\c1ccc(F)cc1F)C(=O)Nc1ccccc1C(F)(F)F. The third-order valence-electron chi connectivity index (χ3n) is 3.11. The summed E-state index contributed by atoms with van der Waals surface area (Å²) in [5.74, 6) is -3.02. The average molecular weight is 352 g/mol. The second kappa shape index (κ2) is 7.13. The highest BCUT2D eigenvalue weighted by molar-refractivity contribution is 6.10. The van der Waals surface area contributed by atoms with Gasteiger partial charge in [-0.3, -0.25) is 4.79 Å². The van der Waals surface area contributed by atoms with Crippen LogP contribution in [0.25, 0.3) is 6.08 Å². The van der Waals surface area contributed by atoms with E-state index in [9.17, 15) is 26.7 Å². The second-order valence-electron chi connectivity index (χ2n) is 4.83. The number of nitriles is 1. The Morgan fingerprint density at radius 1 is 1.12 bits per heavy atom. The number of nitrogens with one attached hydrogen (secondary N) is 1. The molecule has 3 nitrogen and oxygen atoms in total. The standard InChI is InChI=1S/C17H9F5N2O/c18-12-6-5-10(14(19)8-12)7-11(9-23)16(25)24-15-4-2-1-3-13(15)17(20,21)22/h1-8H,(H,24,25)/b11-7+. The molecule has 0 fully saturated rings. The van der Waals surface area contributed by atoms with Gasteiger partial charge in [-0.15, -0.1) is 0 Å². The molecule has 8 heteroatoms. The molecule has 0 aliphatic heterocycles. The number of halogens is 5. The summed E-state index contributed by atoms with van der Waals surface area (Å²) in [5, 5.41) is 11.0. The second-order valence-corrected chi connectivity index (χ2v) is 4.83. The minimum absolute atomic E-state index is 0.253. The number of alkyl halides is 3. The molecule has 0 aliphatic rings. The van der Waals surface area contributed by atoms with Crippen molar-refractivity contribution in [1.29, 1.82) is 5.26 Å². The molecule has 0 radical (unpaired) electrons. The summed E-state index contributed by atoms with van der Waals surface area (Å²) in [6, 6.07) is 8.16. The highest BCUT2D eigenvalue weighted by atomic mass is 19.4. The molecule has 1 N–H and O–H groups in total. The van der Waals surface area contributed by atoms with Crippen molar-refractivity contribution in [1.82, 2.24) is 0 Å². The summed E-state index contributed by atoms with van der Waals surface area (Å²) < 4.78 is 65.2. The van der Waals surface area contributed by atoms with Gasteiger partial charge in [-0.1, -0.05) is 12.1 Å². The van der Waals surface area contributed by atoms with Crippen molar-refractivity contribution < 1.29 is 26.7 Å². The monoisotopic (exact) mass is 352 g/mol. The fraction of sp³-hybridized carbons (Fsp3) is 0.0588. The first-order valence-corrected chi connectivity index (χ1v) is 6.77. The smallest absolute Gasteiger partial charge is 0.321 e. The lowest BCUT2D eigenvalue weighted by molar-refractivity contribution is -0.137. The predicted molar refractivity (Wildman–Crippen MR) is 80.0 cm³/mol. The van der Waals surface area contributed by atoms with Gasteiger partial charge >= 0.3 is 6.18 Å². The Morgan fingerprint density at radius 2 is 1.80 bits per heavy atom. The normalized spacial score (nSPS) is 11.8. The van der Waals surface area contributed by atoms with E-state index in [1.165, 1.54) is 12.1 Å². The van der Waals surface area contributed by atoms with Crippen molar-refractivity contribution in [3.05, 3.63) is 70.8 Å². The number of carbonyl (C=O) groups excluding carboxylic acids is 1. The molecule has 0 spiro atoms. The molecule has 2 aromatic rings. The average Bonchev–Trinajstić information content (AvgIpc) is 2.53. The van der Waals surface area contributed by atoms with Gasteiger partial charge in [-0.2, -0.15) is 18.4 Å². The van der Waals surface area contributed by atoms with E-state index in [1.54, 1.807) is 0 Å². The Morgan fingerprint density at radius 3 is 2.40 bits per heavy atom. The zero-order valence-electron chi connectivity index (χ0n) is 12.4. The van der Waals surface area contributed by atoms with Gasteiger partial charge < -0.3 is 5.32 Å². The summed E-state index contributed by atoms with van der Waals surface area (Å²) in [4.78, 5) is 12.0. The van der Waals surface area contributed by atoms with Crippen LogP contribution in [-0.2, 0) is 11.0 Å². The molecule has 0 saturated carbocycles. The number of nitrogens with zero attached hydrogens (tertiary/aromatic N) is 1. The van der Waals surface area contributed by atoms with Gasteiger partial charge in [0.25, 0.3) is 5.91 Å². The molecule has 0 atom stereocenters. The Bertz CT molecular complexity index is 881. The summed E-state index contributed by atoms with van der Waals surface area (Å²) in [6.07, 6.45) is -3.89. The Kier molecular flexibility index (Phi) is 5.17. The highest BCUT2D eigenvalue weighted by Gasteiger charge is 2.33. The van der Waals surface area contributed by atoms with E-state index < -0.39 is 40.5 Å². The first kappa shape index (κ1) is 18.1. The number of carbonyl (C=O) groups is 1. The number of hydrogen-bond donors (Lipinski definition) is 1. The fourth-order valence-electron chi connectivity index (χ4n) is 1.95. The Hall–Kier alpha value is -3.21. The van der Waals surface area contributed by atoms with Crippen LogP contribution < -0.4 is 5.32 Å². The third kappa shape index (κ3) is 4.41. The van der Waals surface area contributed by atoms with E-state index >= 15 is 0 Å². The first-order valence-electron chi connectivity index (χ1n) is 6.77. The van der Waals surface area contributed by atoms with Crippen LogP contribution in [0.5, 0.6) is 0 Å². The van der Waals surface area contributed by atoms with Crippen LogP contribution in [-0.4, -0.2) is 5.91 Å². The van der Waals surface area contributed by atoms with Crippen molar-refractivity contribution in [2.24, 2.45) is 0 Å². The number of para-hydroxylation sites is 1. The van der Waals surface area contributed by atoms with E-state index in [4.69, 9.17) is 5.26 Å². The van der Waals surface area contributed by atoms with Crippen LogP contribution in [0.3, 0.4) is 0 Å². The fourth-order valence-corrected chi connectivity index (χ4v) is 1.95. The largest absolute Gasteiger partial charge is 0.418 e. The zero-order valence-corrected chi connectivity index (χ0v) is 12.4. The molecule has 128 valence electrons. The number of hydrogen-bond acceptors (Lipinski definition) is 2. The Labute approximate surface area is 139 Å². The topological polar surface area (TPSA) is 52.9 Å². The van der Waals surface area contributed by atoms with E-state index in [0.29, 0.717) is 6.07 Å². The molecule has 2 aromatic carbocycles. The van der Waals surface area contributed by atoms with Gasteiger partial charge in [-0.25, -0.2) is 8.78 Å². The van der Waals surface area contributed by atoms with Crippen LogP contribution >= 0.6 is 0 Å². The summed E-state index contributed by atoms with van der Waals surface area (Å²) in [7, 11) is 0. The molecule has 25 heavy (non-hydrogen) atoms. The molecule has 1 amide bonds. The molecule has 0 bridgehead atoms. The molecular weight excluding hydrogens is 343 g/mol. The number of benzene rings is 2. The highest BCUT2D eigenvalue weighted by Crippen LogP contribution is 2.34. The lowest BCUT2D eigenvalue weighted by Gasteiger charge is -2.13. The van der Waals surface area contributed by atoms with E-state index in [-0.39, 0.29) is 5.56 Å². The molecule has 0 saturated heterocycles. The maximum Gasteiger partial charge on any atom is 0.418 e. The summed E-state index contributed by atoms with van der Waals surface area (Å²) >= 11 is 0. The van der Waals surface area contributed by atoms with Crippen LogP contribution in [0.4, 0.5) is 27.6 Å². The molecular formula is C17H9F5N2O. The summed E-state index contributed by atoms with van der Waals surface area (Å²) in [6.45, 7) is 0.